The number of nitrogens with one attached hydrogen (secondary N) is 1. The smallest absolute Gasteiger partial charge is 0.340 e. The van der Waals surface area contributed by atoms with Crippen LogP contribution in [-0.4, -0.2) is 94.7 Å². The van der Waals surface area contributed by atoms with Gasteiger partial charge in [-0.15, -0.1) is 5.10 Å². The molecule has 2 aromatic heterocycles. The van der Waals surface area contributed by atoms with E-state index < -0.39 is 58.8 Å². The van der Waals surface area contributed by atoms with Gasteiger partial charge in [0.05, 0.1) is 11.4 Å². The molecule has 0 radical (unpaired) electrons. The maximum Gasteiger partial charge on any atom is 0.340 e. The van der Waals surface area contributed by atoms with Gasteiger partial charge in [-0.05, 0) is 37.7 Å². The summed E-state index contributed by atoms with van der Waals surface area (Å²) in [7, 11) is -9.20. The average Bonchev–Trinajstić information content (AvgIpc) is 3.13. The number of aromatic nitrogens is 4. The van der Waals surface area contributed by atoms with E-state index in [0.717, 1.165) is 30.4 Å². The molecule has 1 aliphatic heterocycles. The van der Waals surface area contributed by atoms with E-state index in [1.807, 2.05) is 0 Å². The summed E-state index contributed by atoms with van der Waals surface area (Å²) in [5.41, 5.74) is -1.02. The summed E-state index contributed by atoms with van der Waals surface area (Å²) in [6.45, 7) is 0. The third kappa shape index (κ3) is 5.97. The second-order valence-electron chi connectivity index (χ2n) is 9.92. The monoisotopic (exact) mass is 557 g/mol. The Morgan fingerprint density at radius 1 is 1.22 bits per heavy atom. The molecule has 2 aliphatic carbocycles. The molecule has 4 atom stereocenters. The largest absolute Gasteiger partial charge is 0.387 e. The van der Waals surface area contributed by atoms with E-state index in [9.17, 15) is 28.3 Å². The molecule has 37 heavy (non-hydrogen) atoms. The first-order valence-corrected chi connectivity index (χ1v) is 15.5. The van der Waals surface area contributed by atoms with Gasteiger partial charge >= 0.3 is 7.60 Å². The Kier molecular flexibility index (Phi) is 6.83. The SMILES string of the molecule is O=P(O)(O)CS(=O)(=O)C[C@H]1O[C@@H](n2nnc3c(NC4CCCC4)cc(C#CC4(O)CC4)nc32)[C@H](O)[C@@H]1O. The van der Waals surface area contributed by atoms with Crippen LogP contribution in [0.4, 0.5) is 5.69 Å². The number of sulfone groups is 1. The van der Waals surface area contributed by atoms with Crippen molar-refractivity contribution < 1.29 is 42.8 Å². The molecule has 1 saturated heterocycles. The second kappa shape index (κ2) is 9.55. The highest BCUT2D eigenvalue weighted by Crippen LogP contribution is 2.38. The van der Waals surface area contributed by atoms with Crippen LogP contribution in [-0.2, 0) is 19.1 Å². The van der Waals surface area contributed by atoms with Gasteiger partial charge < -0.3 is 35.2 Å². The van der Waals surface area contributed by atoms with Gasteiger partial charge in [0.2, 0.25) is 0 Å². The van der Waals surface area contributed by atoms with Crippen LogP contribution in [0.2, 0.25) is 0 Å². The minimum Gasteiger partial charge on any atom is -0.387 e. The highest BCUT2D eigenvalue weighted by molar-refractivity contribution is 7.97. The lowest BCUT2D eigenvalue weighted by atomic mass is 10.1. The highest BCUT2D eigenvalue weighted by atomic mass is 32.2. The van der Waals surface area contributed by atoms with Gasteiger partial charge in [0, 0.05) is 6.04 Å². The lowest BCUT2D eigenvalue weighted by Gasteiger charge is -2.16. The van der Waals surface area contributed by atoms with E-state index in [4.69, 9.17) is 14.5 Å². The van der Waals surface area contributed by atoms with Crippen molar-refractivity contribution in [1.82, 2.24) is 20.0 Å². The fraction of sp³-hybridized carbons (Fsp3) is 0.667. The molecule has 6 N–H and O–H groups in total. The predicted octanol–water partition coefficient (Wildman–Crippen LogP) is -0.774. The van der Waals surface area contributed by atoms with Crippen molar-refractivity contribution in [3.05, 3.63) is 11.8 Å². The standard InChI is InChI=1S/C21H28N5O9PS/c27-17-15(10-37(33,34)11-36(30,31)32)35-20(18(17)28)26-19-16(24-25-26)14(22-12-3-1-2-4-12)9-13(23-19)5-6-21(29)7-8-21/h9,12,15,17-18,20,27-29H,1-4,7-8,10-11H2,(H,22,23)(H2,30,31,32)/t15-,17-,18-,20-/m1/s1. The third-order valence-electron chi connectivity index (χ3n) is 6.66. The van der Waals surface area contributed by atoms with Crippen molar-refractivity contribution in [3.8, 4) is 11.8 Å². The summed E-state index contributed by atoms with van der Waals surface area (Å²) in [5, 5.41) is 42.9. The summed E-state index contributed by atoms with van der Waals surface area (Å²) < 4.78 is 42.3. The molecular weight excluding hydrogens is 529 g/mol. The number of hydrogen-bond acceptors (Lipinski definition) is 11. The van der Waals surface area contributed by atoms with Crippen LogP contribution in [0.25, 0.3) is 11.2 Å². The minimum absolute atomic E-state index is 0.157. The van der Waals surface area contributed by atoms with E-state index >= 15 is 0 Å². The van der Waals surface area contributed by atoms with Crippen LogP contribution in [0.15, 0.2) is 6.07 Å². The minimum atomic E-state index is -4.88. The van der Waals surface area contributed by atoms with E-state index in [0.29, 0.717) is 29.7 Å². The molecule has 3 heterocycles. The fourth-order valence-corrected chi connectivity index (χ4v) is 7.85. The predicted molar refractivity (Wildman–Crippen MR) is 129 cm³/mol. The van der Waals surface area contributed by atoms with Crippen molar-refractivity contribution in [2.75, 3.05) is 16.6 Å². The number of fused-ring (bicyclic) bond motifs is 1. The average molecular weight is 558 g/mol. The van der Waals surface area contributed by atoms with Gasteiger partial charge in [-0.1, -0.05) is 24.0 Å². The molecule has 3 aliphatic rings. The van der Waals surface area contributed by atoms with Gasteiger partial charge in [0.15, 0.2) is 32.7 Å². The Balaban J connectivity index is 1.47. The molecular formula is C21H28N5O9PS. The van der Waals surface area contributed by atoms with Crippen LogP contribution in [0.1, 0.15) is 50.4 Å². The number of pyridine rings is 1. The summed E-state index contributed by atoms with van der Waals surface area (Å²) in [6.07, 6.45) is -0.899. The number of ether oxygens (including phenoxy) is 1. The molecule has 0 amide bonds. The Hall–Kier alpha value is -2.15. The molecule has 5 rings (SSSR count). The first-order valence-electron chi connectivity index (χ1n) is 11.9. The Labute approximate surface area is 212 Å². The zero-order valence-electron chi connectivity index (χ0n) is 19.6. The molecule has 0 bridgehead atoms. The molecule has 2 saturated carbocycles. The molecule has 16 heteroatoms. The van der Waals surface area contributed by atoms with E-state index in [1.165, 1.54) is 0 Å². The Morgan fingerprint density at radius 3 is 2.57 bits per heavy atom. The molecule has 0 aromatic carbocycles. The maximum absolute atomic E-state index is 12.2. The van der Waals surface area contributed by atoms with Gasteiger partial charge in [0.1, 0.15) is 29.6 Å². The second-order valence-corrected chi connectivity index (χ2v) is 14.1. The zero-order chi connectivity index (χ0) is 26.6. The molecule has 202 valence electrons. The van der Waals surface area contributed by atoms with Crippen LogP contribution >= 0.6 is 7.60 Å². The first kappa shape index (κ1) is 26.5. The van der Waals surface area contributed by atoms with Gasteiger partial charge in [0.25, 0.3) is 0 Å². The van der Waals surface area contributed by atoms with Crippen molar-refractivity contribution in [1.29, 1.82) is 0 Å². The summed E-state index contributed by atoms with van der Waals surface area (Å²) in [5.74, 6) is 4.75. The number of anilines is 1. The zero-order valence-corrected chi connectivity index (χ0v) is 21.3. The van der Waals surface area contributed by atoms with Gasteiger partial charge in [-0.2, -0.15) is 4.68 Å². The van der Waals surface area contributed by atoms with Crippen molar-refractivity contribution in [2.24, 2.45) is 0 Å². The topological polar surface area (TPSA) is 217 Å². The molecule has 3 fully saturated rings. The van der Waals surface area contributed by atoms with Crippen molar-refractivity contribution >= 4 is 34.3 Å². The normalized spacial score (nSPS) is 27.8. The Bertz CT molecular complexity index is 1400. The summed E-state index contributed by atoms with van der Waals surface area (Å²) in [6, 6.07) is 1.92. The number of hydrogen-bond donors (Lipinski definition) is 6. The number of nitrogens with zero attached hydrogens (tertiary/aromatic N) is 4. The first-order chi connectivity index (χ1) is 17.3. The van der Waals surface area contributed by atoms with Crippen LogP contribution < -0.4 is 5.32 Å². The third-order valence-corrected chi connectivity index (χ3v) is 10.4. The lowest BCUT2D eigenvalue weighted by Crippen LogP contribution is -2.36. The van der Waals surface area contributed by atoms with Crippen molar-refractivity contribution in [3.63, 3.8) is 0 Å². The quantitative estimate of drug-likeness (QED) is 0.182. The van der Waals surface area contributed by atoms with E-state index in [1.54, 1.807) is 6.07 Å². The molecule has 0 spiro atoms. The number of aliphatic hydroxyl groups is 3. The van der Waals surface area contributed by atoms with Crippen LogP contribution in [0.3, 0.4) is 0 Å². The Morgan fingerprint density at radius 2 is 1.92 bits per heavy atom. The number of rotatable bonds is 7. The van der Waals surface area contributed by atoms with Gasteiger partial charge in [-0.3, -0.25) is 4.57 Å². The lowest BCUT2D eigenvalue weighted by molar-refractivity contribution is -0.0375. The van der Waals surface area contributed by atoms with Crippen LogP contribution in [0.5, 0.6) is 0 Å². The molecule has 0 unspecified atom stereocenters. The van der Waals surface area contributed by atoms with E-state index in [2.05, 4.69) is 32.5 Å². The fourth-order valence-electron chi connectivity index (χ4n) is 4.61. The highest BCUT2D eigenvalue weighted by Gasteiger charge is 2.47. The summed E-state index contributed by atoms with van der Waals surface area (Å²) >= 11 is 0. The molecule has 2 aromatic rings. The number of aliphatic hydroxyl groups excluding tert-OH is 2. The van der Waals surface area contributed by atoms with E-state index in [-0.39, 0.29) is 11.7 Å². The molecule has 14 nitrogen and oxygen atoms in total. The summed E-state index contributed by atoms with van der Waals surface area (Å²) in [4.78, 5) is 22.5. The van der Waals surface area contributed by atoms with Crippen LogP contribution in [0, 0.1) is 11.8 Å². The van der Waals surface area contributed by atoms with Gasteiger partial charge in [-0.25, -0.2) is 13.4 Å². The maximum atomic E-state index is 12.2. The van der Waals surface area contributed by atoms with Crippen molar-refractivity contribution in [2.45, 2.75) is 74.7 Å².